The minimum absolute atomic E-state index is 0. The second kappa shape index (κ2) is 7.55. The highest BCUT2D eigenvalue weighted by atomic mass is 35.5. The molecule has 2 rings (SSSR count). The summed E-state index contributed by atoms with van der Waals surface area (Å²) in [5.74, 6) is -0.459. The number of carbonyl (C=O) groups excluding carboxylic acids is 1. The first kappa shape index (κ1) is 18.0. The van der Waals surface area contributed by atoms with Gasteiger partial charge in [-0.2, -0.15) is 0 Å². The van der Waals surface area contributed by atoms with Gasteiger partial charge in [-0.05, 0) is 12.1 Å². The molecule has 0 bridgehead atoms. The van der Waals surface area contributed by atoms with Crippen LogP contribution in [0.2, 0.25) is 5.02 Å². The minimum atomic E-state index is -0.728. The number of hydrogen-bond acceptors (Lipinski definition) is 4. The summed E-state index contributed by atoms with van der Waals surface area (Å²) in [6.45, 7) is 0.285. The highest BCUT2D eigenvalue weighted by Crippen LogP contribution is 2.23. The monoisotopic (exact) mass is 325 g/mol. The van der Waals surface area contributed by atoms with Gasteiger partial charge in [-0.25, -0.2) is 4.98 Å². The summed E-state index contributed by atoms with van der Waals surface area (Å²) >= 11 is 6.06. The van der Waals surface area contributed by atoms with Crippen LogP contribution >= 0.6 is 36.4 Å². The van der Waals surface area contributed by atoms with Gasteiger partial charge in [-0.3, -0.25) is 4.79 Å². The molecule has 1 atom stereocenters. The van der Waals surface area contributed by atoms with Gasteiger partial charge in [0, 0.05) is 17.8 Å². The predicted molar refractivity (Wildman–Crippen MR) is 79.2 cm³/mol. The fraction of sp³-hybridized carbons (Fsp3) is 0.273. The van der Waals surface area contributed by atoms with Crippen molar-refractivity contribution < 1.29 is 9.53 Å². The molecule has 106 valence electrons. The van der Waals surface area contributed by atoms with E-state index in [1.54, 1.807) is 23.0 Å². The van der Waals surface area contributed by atoms with Crippen LogP contribution in [0.5, 0.6) is 0 Å². The molecule has 0 saturated carbocycles. The molecule has 0 fully saturated rings. The normalized spacial score (nSPS) is 11.3. The first-order valence-corrected chi connectivity index (χ1v) is 5.44. The molecule has 0 amide bonds. The van der Waals surface area contributed by atoms with Gasteiger partial charge in [0.1, 0.15) is 11.7 Å². The van der Waals surface area contributed by atoms with Gasteiger partial charge in [0.2, 0.25) is 0 Å². The summed E-state index contributed by atoms with van der Waals surface area (Å²) in [5.41, 5.74) is 6.40. The lowest BCUT2D eigenvalue weighted by molar-refractivity contribution is -0.142. The zero-order valence-corrected chi connectivity index (χ0v) is 12.5. The Bertz CT molecular complexity index is 559. The molecule has 0 radical (unpaired) electrons. The van der Waals surface area contributed by atoms with E-state index in [1.165, 1.54) is 7.11 Å². The summed E-state index contributed by atoms with van der Waals surface area (Å²) in [6.07, 6.45) is 3.38. The van der Waals surface area contributed by atoms with E-state index in [9.17, 15) is 4.79 Å². The van der Waals surface area contributed by atoms with E-state index in [0.29, 0.717) is 10.7 Å². The molecule has 2 aromatic heterocycles. The maximum absolute atomic E-state index is 11.2. The Kier molecular flexibility index (Phi) is 7.15. The Morgan fingerprint density at radius 1 is 1.58 bits per heavy atom. The molecule has 1 unspecified atom stereocenters. The van der Waals surface area contributed by atoms with Gasteiger partial charge in [0.25, 0.3) is 0 Å². The Balaban J connectivity index is 0.00000162. The van der Waals surface area contributed by atoms with E-state index < -0.39 is 12.0 Å². The molecule has 5 nitrogen and oxygen atoms in total. The van der Waals surface area contributed by atoms with Crippen molar-refractivity contribution in [3.63, 3.8) is 0 Å². The van der Waals surface area contributed by atoms with Gasteiger partial charge in [0.05, 0.1) is 18.7 Å². The third-order valence-corrected chi connectivity index (χ3v) is 2.78. The molecule has 2 N–H and O–H groups in total. The lowest BCUT2D eigenvalue weighted by atomic mass is 10.3. The van der Waals surface area contributed by atoms with Gasteiger partial charge in [-0.15, -0.1) is 24.8 Å². The number of esters is 1. The van der Waals surface area contributed by atoms with Crippen molar-refractivity contribution in [3.05, 3.63) is 29.5 Å². The molecule has 8 heteroatoms. The topological polar surface area (TPSA) is 70.1 Å². The number of ether oxygens (including phenoxy) is 1. The fourth-order valence-corrected chi connectivity index (χ4v) is 1.92. The van der Waals surface area contributed by atoms with Crippen LogP contribution in [0.4, 0.5) is 0 Å². The number of pyridine rings is 1. The lowest BCUT2D eigenvalue weighted by Crippen LogP contribution is -2.35. The van der Waals surface area contributed by atoms with E-state index >= 15 is 0 Å². The molecule has 2 aromatic rings. The van der Waals surface area contributed by atoms with Crippen molar-refractivity contribution in [1.29, 1.82) is 0 Å². The van der Waals surface area contributed by atoms with Crippen LogP contribution in [0.3, 0.4) is 0 Å². The Hall–Kier alpha value is -1.01. The largest absolute Gasteiger partial charge is 0.468 e. The Morgan fingerprint density at radius 2 is 2.26 bits per heavy atom. The quantitative estimate of drug-likeness (QED) is 0.876. The summed E-state index contributed by atoms with van der Waals surface area (Å²) in [6, 6.07) is 2.94. The van der Waals surface area contributed by atoms with Crippen LogP contribution in [0, 0.1) is 0 Å². The predicted octanol–water partition coefficient (Wildman–Crippen LogP) is 2.03. The van der Waals surface area contributed by atoms with Crippen LogP contribution in [0.25, 0.3) is 11.0 Å². The summed E-state index contributed by atoms with van der Waals surface area (Å²) < 4.78 is 6.32. The average molecular weight is 327 g/mol. The SMILES string of the molecule is COC(=O)C(N)Cn1cc(Cl)c2cccnc21.Cl.Cl. The maximum atomic E-state index is 11.2. The second-order valence-electron chi connectivity index (χ2n) is 3.63. The maximum Gasteiger partial charge on any atom is 0.324 e. The molecule has 2 heterocycles. The van der Waals surface area contributed by atoms with Crippen molar-refractivity contribution in [1.82, 2.24) is 9.55 Å². The number of carbonyl (C=O) groups is 1. The van der Waals surface area contributed by atoms with Gasteiger partial charge in [0.15, 0.2) is 0 Å². The third kappa shape index (κ3) is 3.73. The number of methoxy groups -OCH3 is 1. The molecule has 0 spiro atoms. The standard InChI is InChI=1S/C11H12ClN3O2.2ClH/c1-17-11(16)9(13)6-15-5-8(12)7-3-2-4-14-10(7)15;;/h2-5,9H,6,13H2,1H3;2*1H. The highest BCUT2D eigenvalue weighted by molar-refractivity contribution is 6.35. The molecule has 0 aromatic carbocycles. The Morgan fingerprint density at radius 3 is 2.89 bits per heavy atom. The van der Waals surface area contributed by atoms with Gasteiger partial charge < -0.3 is 15.0 Å². The van der Waals surface area contributed by atoms with Crippen molar-refractivity contribution in [2.45, 2.75) is 12.6 Å². The number of rotatable bonds is 3. The zero-order chi connectivity index (χ0) is 12.4. The summed E-state index contributed by atoms with van der Waals surface area (Å²) in [5, 5.41) is 1.43. The number of aromatic nitrogens is 2. The van der Waals surface area contributed by atoms with E-state index in [4.69, 9.17) is 17.3 Å². The first-order chi connectivity index (χ1) is 8.13. The molecular weight excluding hydrogens is 312 g/mol. The van der Waals surface area contributed by atoms with Crippen molar-refractivity contribution >= 4 is 53.4 Å². The number of halogens is 3. The first-order valence-electron chi connectivity index (χ1n) is 5.06. The van der Waals surface area contributed by atoms with Crippen molar-refractivity contribution in [3.8, 4) is 0 Å². The number of nitrogens with zero attached hydrogens (tertiary/aromatic N) is 2. The highest BCUT2D eigenvalue weighted by Gasteiger charge is 2.16. The average Bonchev–Trinajstić information content (AvgIpc) is 2.66. The van der Waals surface area contributed by atoms with Crippen LogP contribution < -0.4 is 5.73 Å². The number of hydrogen-bond donors (Lipinski definition) is 1. The lowest BCUT2D eigenvalue weighted by Gasteiger charge is -2.10. The summed E-state index contributed by atoms with van der Waals surface area (Å²) in [4.78, 5) is 15.5. The van der Waals surface area contributed by atoms with E-state index in [-0.39, 0.29) is 31.4 Å². The minimum Gasteiger partial charge on any atom is -0.468 e. The Labute approximate surface area is 127 Å². The van der Waals surface area contributed by atoms with E-state index in [1.807, 2.05) is 6.07 Å². The number of fused-ring (bicyclic) bond motifs is 1. The van der Waals surface area contributed by atoms with E-state index in [0.717, 1.165) is 5.39 Å². The van der Waals surface area contributed by atoms with E-state index in [2.05, 4.69) is 9.72 Å². The summed E-state index contributed by atoms with van der Waals surface area (Å²) in [7, 11) is 1.31. The molecular formula is C11H14Cl3N3O2. The molecule has 0 saturated heterocycles. The molecule has 19 heavy (non-hydrogen) atoms. The van der Waals surface area contributed by atoms with Crippen molar-refractivity contribution in [2.75, 3.05) is 7.11 Å². The van der Waals surface area contributed by atoms with Gasteiger partial charge >= 0.3 is 5.97 Å². The van der Waals surface area contributed by atoms with Crippen LogP contribution in [-0.4, -0.2) is 28.7 Å². The number of nitrogens with two attached hydrogens (primary N) is 1. The second-order valence-corrected chi connectivity index (χ2v) is 4.04. The molecule has 0 aliphatic carbocycles. The van der Waals surface area contributed by atoms with Crippen LogP contribution in [0.15, 0.2) is 24.5 Å². The van der Waals surface area contributed by atoms with Crippen molar-refractivity contribution in [2.24, 2.45) is 5.73 Å². The molecule has 0 aliphatic heterocycles. The third-order valence-electron chi connectivity index (χ3n) is 2.48. The smallest absolute Gasteiger partial charge is 0.324 e. The van der Waals surface area contributed by atoms with Crippen LogP contribution in [-0.2, 0) is 16.1 Å². The van der Waals surface area contributed by atoms with Crippen LogP contribution in [0.1, 0.15) is 0 Å². The molecule has 0 aliphatic rings. The van der Waals surface area contributed by atoms with Gasteiger partial charge in [-0.1, -0.05) is 11.6 Å². The zero-order valence-electron chi connectivity index (χ0n) is 10.1. The fourth-order valence-electron chi connectivity index (χ4n) is 1.66.